The quantitative estimate of drug-likeness (QED) is 0.0237. The summed E-state index contributed by atoms with van der Waals surface area (Å²) in [5.74, 6) is -1.00. The van der Waals surface area contributed by atoms with Gasteiger partial charge >= 0.3 is 19.8 Å². The Morgan fingerprint density at radius 2 is 0.964 bits per heavy atom. The Labute approximate surface area is 334 Å². The summed E-state index contributed by atoms with van der Waals surface area (Å²) >= 11 is 0. The number of hydrogen-bond donors (Lipinski definition) is 3. The van der Waals surface area contributed by atoms with Crippen molar-refractivity contribution in [1.82, 2.24) is 0 Å². The Kier molecular flexibility index (Phi) is 38.2. The van der Waals surface area contributed by atoms with Crippen molar-refractivity contribution < 1.29 is 47.8 Å². The van der Waals surface area contributed by atoms with Crippen LogP contribution in [0.3, 0.4) is 0 Å². The lowest BCUT2D eigenvalue weighted by Crippen LogP contribution is -2.29. The summed E-state index contributed by atoms with van der Waals surface area (Å²) in [5.41, 5.74) is 0. The van der Waals surface area contributed by atoms with Crippen LogP contribution in [-0.4, -0.2) is 65.7 Å². The van der Waals surface area contributed by atoms with E-state index in [2.05, 4.69) is 67.0 Å². The topological polar surface area (TPSA) is 149 Å². The lowest BCUT2D eigenvalue weighted by atomic mass is 10.1. The lowest BCUT2D eigenvalue weighted by molar-refractivity contribution is -0.161. The number of ether oxygens (including phenoxy) is 2. The standard InChI is InChI=1S/C44H77O10P/c1-3-5-7-9-11-13-15-17-19-20-22-24-26-28-30-32-34-36-44(48)54-42(40-53-55(49,50)52-38-41(46)37-45)39-51-43(47)35-33-31-29-27-25-23-21-18-16-14-12-10-8-6-4-2/h11,13,17-19,21-22,24,28,30,41-42,45-46H,3-10,12,14-16,20,23,25-27,29,31-40H2,1-2H3,(H,49,50)/b13-11-,19-17-,21-18-,24-22-,30-28-/t41-,42+/m0/s1. The maximum Gasteiger partial charge on any atom is 0.472 e. The number of aliphatic hydroxyl groups is 2. The lowest BCUT2D eigenvalue weighted by Gasteiger charge is -2.20. The van der Waals surface area contributed by atoms with E-state index in [0.29, 0.717) is 19.3 Å². The molecular weight excluding hydrogens is 719 g/mol. The number of carbonyl (C=O) groups excluding carboxylic acids is 2. The van der Waals surface area contributed by atoms with Gasteiger partial charge in [0.05, 0.1) is 19.8 Å². The van der Waals surface area contributed by atoms with E-state index in [4.69, 9.17) is 19.1 Å². The highest BCUT2D eigenvalue weighted by Gasteiger charge is 2.27. The Balaban J connectivity index is 4.44. The summed E-state index contributed by atoms with van der Waals surface area (Å²) < 4.78 is 32.6. The Morgan fingerprint density at radius 3 is 1.53 bits per heavy atom. The molecule has 0 saturated heterocycles. The molecule has 0 spiro atoms. The minimum absolute atomic E-state index is 0.105. The summed E-state index contributed by atoms with van der Waals surface area (Å²) in [6, 6.07) is 0. The summed E-state index contributed by atoms with van der Waals surface area (Å²) in [5, 5.41) is 18.3. The average Bonchev–Trinajstić information content (AvgIpc) is 3.17. The molecule has 0 amide bonds. The van der Waals surface area contributed by atoms with E-state index in [0.717, 1.165) is 64.2 Å². The highest BCUT2D eigenvalue weighted by molar-refractivity contribution is 7.47. The fourth-order valence-electron chi connectivity index (χ4n) is 5.33. The molecule has 318 valence electrons. The number of phosphoric ester groups is 1. The third-order valence-electron chi connectivity index (χ3n) is 8.64. The molecule has 0 radical (unpaired) electrons. The van der Waals surface area contributed by atoms with Crippen LogP contribution >= 0.6 is 7.82 Å². The van der Waals surface area contributed by atoms with Gasteiger partial charge in [-0.3, -0.25) is 18.6 Å². The minimum Gasteiger partial charge on any atom is -0.462 e. The normalized spacial score (nSPS) is 14.5. The van der Waals surface area contributed by atoms with Crippen LogP contribution in [0.2, 0.25) is 0 Å². The summed E-state index contributed by atoms with van der Waals surface area (Å²) in [7, 11) is -4.63. The van der Waals surface area contributed by atoms with Gasteiger partial charge in [-0.15, -0.1) is 0 Å². The number of allylic oxidation sites excluding steroid dienone is 10. The van der Waals surface area contributed by atoms with Crippen molar-refractivity contribution in [1.29, 1.82) is 0 Å². The zero-order chi connectivity index (χ0) is 40.5. The molecule has 0 heterocycles. The molecule has 3 N–H and O–H groups in total. The Hall–Kier alpha value is -2.33. The molecule has 0 aromatic heterocycles. The number of esters is 2. The second-order valence-corrected chi connectivity index (χ2v) is 15.5. The molecule has 3 atom stereocenters. The Bertz CT molecular complexity index is 1100. The maximum atomic E-state index is 12.6. The third-order valence-corrected chi connectivity index (χ3v) is 9.60. The SMILES string of the molecule is CCCCC/C=C\C/C=C\C/C=C\C/C=C\CCCC(=O)O[C@H](COC(=O)CCCCCCC/C=C\CCCCCCCC)COP(=O)(O)OC[C@@H](O)CO. The highest BCUT2D eigenvalue weighted by atomic mass is 31.2. The van der Waals surface area contributed by atoms with Crippen LogP contribution in [0.4, 0.5) is 0 Å². The van der Waals surface area contributed by atoms with E-state index >= 15 is 0 Å². The molecule has 11 heteroatoms. The van der Waals surface area contributed by atoms with E-state index in [1.807, 2.05) is 12.2 Å². The van der Waals surface area contributed by atoms with Crippen molar-refractivity contribution in [2.75, 3.05) is 26.4 Å². The van der Waals surface area contributed by atoms with Gasteiger partial charge in [-0.2, -0.15) is 0 Å². The van der Waals surface area contributed by atoms with Gasteiger partial charge in [0, 0.05) is 12.8 Å². The second-order valence-electron chi connectivity index (χ2n) is 14.0. The fraction of sp³-hybridized carbons (Fsp3) is 0.727. The molecule has 0 aromatic carbocycles. The molecule has 0 aromatic rings. The molecule has 0 rings (SSSR count). The number of carbonyl (C=O) groups is 2. The van der Waals surface area contributed by atoms with E-state index in [1.165, 1.54) is 57.8 Å². The molecule has 0 aliphatic carbocycles. The van der Waals surface area contributed by atoms with Crippen molar-refractivity contribution in [3.8, 4) is 0 Å². The van der Waals surface area contributed by atoms with Crippen LogP contribution in [0.1, 0.15) is 168 Å². The number of aliphatic hydroxyl groups excluding tert-OH is 2. The smallest absolute Gasteiger partial charge is 0.462 e. The number of phosphoric acid groups is 1. The monoisotopic (exact) mass is 797 g/mol. The first kappa shape index (κ1) is 52.7. The summed E-state index contributed by atoms with van der Waals surface area (Å²) in [6.07, 6.45) is 43.3. The van der Waals surface area contributed by atoms with Gasteiger partial charge in [0.15, 0.2) is 6.10 Å². The molecule has 55 heavy (non-hydrogen) atoms. The first-order valence-corrected chi connectivity index (χ1v) is 22.7. The zero-order valence-electron chi connectivity index (χ0n) is 34.4. The first-order chi connectivity index (χ1) is 26.7. The van der Waals surface area contributed by atoms with Gasteiger partial charge in [0.2, 0.25) is 0 Å². The molecule has 0 bridgehead atoms. The van der Waals surface area contributed by atoms with Gasteiger partial charge in [-0.05, 0) is 77.0 Å². The number of hydrogen-bond acceptors (Lipinski definition) is 9. The van der Waals surface area contributed by atoms with E-state index in [9.17, 15) is 24.2 Å². The van der Waals surface area contributed by atoms with Gasteiger partial charge in [0.25, 0.3) is 0 Å². The second kappa shape index (κ2) is 39.9. The molecule has 1 unspecified atom stereocenters. The molecule has 0 aliphatic rings. The predicted octanol–water partition coefficient (Wildman–Crippen LogP) is 11.1. The molecule has 0 fully saturated rings. The van der Waals surface area contributed by atoms with Crippen LogP contribution in [0.15, 0.2) is 60.8 Å². The van der Waals surface area contributed by atoms with Crippen LogP contribution in [0.5, 0.6) is 0 Å². The number of unbranched alkanes of at least 4 members (excludes halogenated alkanes) is 15. The van der Waals surface area contributed by atoms with E-state index < -0.39 is 51.8 Å². The first-order valence-electron chi connectivity index (χ1n) is 21.2. The van der Waals surface area contributed by atoms with Crippen LogP contribution < -0.4 is 0 Å². The van der Waals surface area contributed by atoms with Crippen molar-refractivity contribution >= 4 is 19.8 Å². The highest BCUT2D eigenvalue weighted by Crippen LogP contribution is 2.43. The van der Waals surface area contributed by atoms with Crippen LogP contribution in [0, 0.1) is 0 Å². The van der Waals surface area contributed by atoms with Crippen molar-refractivity contribution in [2.24, 2.45) is 0 Å². The van der Waals surface area contributed by atoms with Gasteiger partial charge in [0.1, 0.15) is 12.7 Å². The summed E-state index contributed by atoms with van der Waals surface area (Å²) in [6.45, 7) is 2.26. The molecular formula is C44H77O10P. The van der Waals surface area contributed by atoms with Crippen molar-refractivity contribution in [2.45, 2.75) is 180 Å². The van der Waals surface area contributed by atoms with Crippen molar-refractivity contribution in [3.63, 3.8) is 0 Å². The minimum atomic E-state index is -4.63. The van der Waals surface area contributed by atoms with Crippen molar-refractivity contribution in [3.05, 3.63) is 60.8 Å². The van der Waals surface area contributed by atoms with E-state index in [-0.39, 0.29) is 19.4 Å². The average molecular weight is 797 g/mol. The summed E-state index contributed by atoms with van der Waals surface area (Å²) in [4.78, 5) is 34.9. The number of rotatable bonds is 39. The largest absolute Gasteiger partial charge is 0.472 e. The zero-order valence-corrected chi connectivity index (χ0v) is 35.3. The molecule has 0 aliphatic heterocycles. The fourth-order valence-corrected chi connectivity index (χ4v) is 6.12. The molecule has 10 nitrogen and oxygen atoms in total. The Morgan fingerprint density at radius 1 is 0.545 bits per heavy atom. The predicted molar refractivity (Wildman–Crippen MR) is 224 cm³/mol. The van der Waals surface area contributed by atoms with Crippen LogP contribution in [-0.2, 0) is 32.7 Å². The third kappa shape index (κ3) is 39.7. The van der Waals surface area contributed by atoms with E-state index in [1.54, 1.807) is 0 Å². The van der Waals surface area contributed by atoms with Crippen LogP contribution in [0.25, 0.3) is 0 Å². The van der Waals surface area contributed by atoms with Gasteiger partial charge in [-0.1, -0.05) is 139 Å². The van der Waals surface area contributed by atoms with Gasteiger partial charge in [-0.25, -0.2) is 4.57 Å². The van der Waals surface area contributed by atoms with Gasteiger partial charge < -0.3 is 24.6 Å². The maximum absolute atomic E-state index is 12.6. The molecule has 0 saturated carbocycles.